The molecule has 1 aliphatic heterocycles. The second-order valence-electron chi connectivity index (χ2n) is 7.35. The highest BCUT2D eigenvalue weighted by molar-refractivity contribution is 5.94. The van der Waals surface area contributed by atoms with Crippen LogP contribution in [0.4, 0.5) is 0 Å². The Labute approximate surface area is 172 Å². The Morgan fingerprint density at radius 3 is 2.28 bits per heavy atom. The lowest BCUT2D eigenvalue weighted by Gasteiger charge is -2.22. The Kier molecular flexibility index (Phi) is 6.22. The molecule has 0 atom stereocenters. The monoisotopic (exact) mass is 386 g/mol. The van der Waals surface area contributed by atoms with Crippen LogP contribution in [0.5, 0.6) is 11.5 Å². The molecular formula is C25H26N2O2. The summed E-state index contributed by atoms with van der Waals surface area (Å²) in [6, 6.07) is 27.6. The number of ether oxygens (including phenoxy) is 1. The smallest absolute Gasteiger partial charge is 0.254 e. The Balaban J connectivity index is 1.38. The summed E-state index contributed by atoms with van der Waals surface area (Å²) in [5, 5.41) is 0. The normalized spacial score (nSPS) is 15.0. The lowest BCUT2D eigenvalue weighted by molar-refractivity contribution is 0.0761. The Bertz CT molecular complexity index is 928. The zero-order chi connectivity index (χ0) is 19.9. The Hall–Kier alpha value is -3.11. The second kappa shape index (κ2) is 9.39. The first-order valence-corrected chi connectivity index (χ1v) is 10.2. The molecule has 0 radical (unpaired) electrons. The van der Waals surface area contributed by atoms with Crippen LogP contribution in [0.1, 0.15) is 22.3 Å². The molecule has 29 heavy (non-hydrogen) atoms. The molecule has 0 spiro atoms. The van der Waals surface area contributed by atoms with Crippen LogP contribution in [0, 0.1) is 0 Å². The van der Waals surface area contributed by atoms with Crippen molar-refractivity contribution in [3.8, 4) is 11.5 Å². The van der Waals surface area contributed by atoms with E-state index in [9.17, 15) is 4.79 Å². The number of carbonyl (C=O) groups excluding carboxylic acids is 1. The molecule has 0 unspecified atom stereocenters. The number of carbonyl (C=O) groups is 1. The Morgan fingerprint density at radius 2 is 1.48 bits per heavy atom. The van der Waals surface area contributed by atoms with E-state index in [1.54, 1.807) is 0 Å². The summed E-state index contributed by atoms with van der Waals surface area (Å²) < 4.78 is 5.89. The molecule has 1 heterocycles. The van der Waals surface area contributed by atoms with E-state index in [4.69, 9.17) is 4.74 Å². The maximum absolute atomic E-state index is 13.1. The summed E-state index contributed by atoms with van der Waals surface area (Å²) in [7, 11) is 0. The van der Waals surface area contributed by atoms with E-state index in [0.29, 0.717) is 11.3 Å². The number of rotatable bonds is 5. The van der Waals surface area contributed by atoms with Gasteiger partial charge in [0.15, 0.2) is 0 Å². The first-order chi connectivity index (χ1) is 14.3. The standard InChI is InChI=1S/C25H26N2O2/c28-25(22-11-7-14-24(19-22)29-23-12-5-2-6-13-23)27-16-8-15-26(17-18-27)20-21-9-3-1-4-10-21/h1-7,9-14,19H,8,15-18,20H2. The first kappa shape index (κ1) is 19.2. The average molecular weight is 386 g/mol. The van der Waals surface area contributed by atoms with Crippen molar-refractivity contribution >= 4 is 5.91 Å². The summed E-state index contributed by atoms with van der Waals surface area (Å²) in [5.74, 6) is 1.52. The predicted molar refractivity (Wildman–Crippen MR) is 115 cm³/mol. The van der Waals surface area contributed by atoms with Gasteiger partial charge < -0.3 is 9.64 Å². The van der Waals surface area contributed by atoms with E-state index in [1.165, 1.54) is 5.56 Å². The molecule has 1 aliphatic rings. The van der Waals surface area contributed by atoms with Crippen LogP contribution < -0.4 is 4.74 Å². The molecule has 0 saturated carbocycles. The first-order valence-electron chi connectivity index (χ1n) is 10.2. The highest BCUT2D eigenvalue weighted by Gasteiger charge is 2.20. The summed E-state index contributed by atoms with van der Waals surface area (Å²) >= 11 is 0. The summed E-state index contributed by atoms with van der Waals surface area (Å²) in [4.78, 5) is 17.5. The molecule has 4 nitrogen and oxygen atoms in total. The van der Waals surface area contributed by atoms with E-state index in [2.05, 4.69) is 29.2 Å². The van der Waals surface area contributed by atoms with E-state index in [0.717, 1.165) is 44.9 Å². The van der Waals surface area contributed by atoms with Gasteiger partial charge in [0.05, 0.1) is 0 Å². The molecule has 3 aromatic rings. The Morgan fingerprint density at radius 1 is 0.759 bits per heavy atom. The molecule has 0 N–H and O–H groups in total. The molecular weight excluding hydrogens is 360 g/mol. The van der Waals surface area contributed by atoms with Gasteiger partial charge in [0.25, 0.3) is 5.91 Å². The summed E-state index contributed by atoms with van der Waals surface area (Å²) in [6.07, 6.45) is 0.985. The molecule has 1 saturated heterocycles. The third kappa shape index (κ3) is 5.24. The van der Waals surface area contributed by atoms with Crippen LogP contribution in [-0.2, 0) is 6.54 Å². The SMILES string of the molecule is O=C(c1cccc(Oc2ccccc2)c1)N1CCCN(Cc2ccccc2)CC1. The van der Waals surface area contributed by atoms with E-state index >= 15 is 0 Å². The predicted octanol–water partition coefficient (Wildman–Crippen LogP) is 4.83. The molecule has 148 valence electrons. The van der Waals surface area contributed by atoms with E-state index in [-0.39, 0.29) is 5.91 Å². The number of benzene rings is 3. The van der Waals surface area contributed by atoms with Crippen molar-refractivity contribution in [1.82, 2.24) is 9.80 Å². The van der Waals surface area contributed by atoms with E-state index in [1.807, 2.05) is 65.6 Å². The fourth-order valence-corrected chi connectivity index (χ4v) is 3.67. The van der Waals surface area contributed by atoms with Crippen molar-refractivity contribution in [2.75, 3.05) is 26.2 Å². The van der Waals surface area contributed by atoms with Crippen molar-refractivity contribution in [3.63, 3.8) is 0 Å². The van der Waals surface area contributed by atoms with Gasteiger partial charge in [0.2, 0.25) is 0 Å². The molecule has 0 aliphatic carbocycles. The van der Waals surface area contributed by atoms with Crippen molar-refractivity contribution in [2.45, 2.75) is 13.0 Å². The molecule has 1 fully saturated rings. The quantitative estimate of drug-likeness (QED) is 0.630. The minimum absolute atomic E-state index is 0.0741. The molecule has 0 aromatic heterocycles. The van der Waals surface area contributed by atoms with Gasteiger partial charge in [-0.25, -0.2) is 0 Å². The van der Waals surface area contributed by atoms with Crippen molar-refractivity contribution < 1.29 is 9.53 Å². The number of para-hydroxylation sites is 1. The third-order valence-corrected chi connectivity index (χ3v) is 5.18. The molecule has 1 amide bonds. The molecule has 4 heteroatoms. The zero-order valence-corrected chi connectivity index (χ0v) is 16.5. The fraction of sp³-hybridized carbons (Fsp3) is 0.240. The summed E-state index contributed by atoms with van der Waals surface area (Å²) in [5.41, 5.74) is 1.99. The zero-order valence-electron chi connectivity index (χ0n) is 16.5. The fourth-order valence-electron chi connectivity index (χ4n) is 3.67. The largest absolute Gasteiger partial charge is 0.457 e. The minimum Gasteiger partial charge on any atom is -0.457 e. The van der Waals surface area contributed by atoms with Crippen molar-refractivity contribution in [3.05, 3.63) is 96.1 Å². The van der Waals surface area contributed by atoms with Crippen LogP contribution in [0.15, 0.2) is 84.9 Å². The van der Waals surface area contributed by atoms with Gasteiger partial charge in [-0.3, -0.25) is 9.69 Å². The summed E-state index contributed by atoms with van der Waals surface area (Å²) in [6.45, 7) is 4.36. The van der Waals surface area contributed by atoms with Crippen molar-refractivity contribution in [1.29, 1.82) is 0 Å². The number of hydrogen-bond acceptors (Lipinski definition) is 3. The second-order valence-corrected chi connectivity index (χ2v) is 7.35. The van der Waals surface area contributed by atoms with Gasteiger partial charge in [0, 0.05) is 38.3 Å². The highest BCUT2D eigenvalue weighted by Crippen LogP contribution is 2.23. The van der Waals surface area contributed by atoms with Gasteiger partial charge in [-0.05, 0) is 42.3 Å². The van der Waals surface area contributed by atoms with Gasteiger partial charge in [-0.1, -0.05) is 54.6 Å². The average Bonchev–Trinajstić information content (AvgIpc) is 3.00. The van der Waals surface area contributed by atoms with Gasteiger partial charge in [0.1, 0.15) is 11.5 Å². The third-order valence-electron chi connectivity index (χ3n) is 5.18. The molecule has 0 bridgehead atoms. The topological polar surface area (TPSA) is 32.8 Å². The maximum Gasteiger partial charge on any atom is 0.254 e. The molecule has 4 rings (SSSR count). The van der Waals surface area contributed by atoms with Crippen LogP contribution >= 0.6 is 0 Å². The van der Waals surface area contributed by atoms with Crippen LogP contribution in [-0.4, -0.2) is 41.9 Å². The maximum atomic E-state index is 13.1. The van der Waals surface area contributed by atoms with Gasteiger partial charge in [-0.15, -0.1) is 0 Å². The lowest BCUT2D eigenvalue weighted by atomic mass is 10.2. The van der Waals surface area contributed by atoms with Gasteiger partial charge >= 0.3 is 0 Å². The van der Waals surface area contributed by atoms with Crippen LogP contribution in [0.3, 0.4) is 0 Å². The minimum atomic E-state index is 0.0741. The van der Waals surface area contributed by atoms with Crippen LogP contribution in [0.2, 0.25) is 0 Å². The lowest BCUT2D eigenvalue weighted by Crippen LogP contribution is -2.35. The highest BCUT2D eigenvalue weighted by atomic mass is 16.5. The van der Waals surface area contributed by atoms with Gasteiger partial charge in [-0.2, -0.15) is 0 Å². The number of nitrogens with zero attached hydrogens (tertiary/aromatic N) is 2. The number of hydrogen-bond donors (Lipinski definition) is 0. The molecule has 3 aromatic carbocycles. The van der Waals surface area contributed by atoms with E-state index < -0.39 is 0 Å². The van der Waals surface area contributed by atoms with Crippen LogP contribution in [0.25, 0.3) is 0 Å². The van der Waals surface area contributed by atoms with Crippen molar-refractivity contribution in [2.24, 2.45) is 0 Å². The number of amides is 1.